The van der Waals surface area contributed by atoms with Gasteiger partial charge in [0.05, 0.1) is 23.2 Å². The van der Waals surface area contributed by atoms with Crippen molar-refractivity contribution in [1.82, 2.24) is 20.6 Å². The molecular formula is C21H29N5O3. The van der Waals surface area contributed by atoms with Crippen molar-refractivity contribution in [3.63, 3.8) is 0 Å². The molecule has 0 atom stereocenters. The molecule has 8 nitrogen and oxygen atoms in total. The molecule has 0 unspecified atom stereocenters. The Kier molecular flexibility index (Phi) is 6.32. The number of para-hydroxylation sites is 1. The third kappa shape index (κ3) is 5.41. The molecule has 1 aromatic heterocycles. The van der Waals surface area contributed by atoms with Crippen molar-refractivity contribution >= 4 is 28.7 Å². The maximum Gasteiger partial charge on any atom is 0.253 e. The van der Waals surface area contributed by atoms with Gasteiger partial charge in [0.2, 0.25) is 11.9 Å². The van der Waals surface area contributed by atoms with Gasteiger partial charge < -0.3 is 21.1 Å². The largest absolute Gasteiger partial charge is 0.394 e. The molecule has 4 N–H and O–H groups in total. The second kappa shape index (κ2) is 8.73. The zero-order valence-corrected chi connectivity index (χ0v) is 17.2. The highest BCUT2D eigenvalue weighted by Crippen LogP contribution is 2.23. The van der Waals surface area contributed by atoms with Gasteiger partial charge in [-0.25, -0.2) is 9.97 Å². The third-order valence-electron chi connectivity index (χ3n) is 5.17. The van der Waals surface area contributed by atoms with Crippen LogP contribution in [0.2, 0.25) is 0 Å². The molecule has 1 aliphatic carbocycles. The lowest BCUT2D eigenvalue weighted by molar-refractivity contribution is -0.119. The van der Waals surface area contributed by atoms with Gasteiger partial charge in [-0.05, 0) is 45.6 Å². The zero-order valence-electron chi connectivity index (χ0n) is 17.2. The van der Waals surface area contributed by atoms with Crippen molar-refractivity contribution in [2.45, 2.75) is 64.1 Å². The van der Waals surface area contributed by atoms with Crippen molar-refractivity contribution in [3.05, 3.63) is 30.0 Å². The third-order valence-corrected chi connectivity index (χ3v) is 5.17. The summed E-state index contributed by atoms with van der Waals surface area (Å²) in [6.07, 6.45) is 5.36. The monoisotopic (exact) mass is 399 g/mol. The average Bonchev–Trinajstić information content (AvgIpc) is 2.68. The second-order valence-corrected chi connectivity index (χ2v) is 8.33. The molecule has 3 rings (SSSR count). The van der Waals surface area contributed by atoms with Crippen molar-refractivity contribution in [3.8, 4) is 0 Å². The Hall–Kier alpha value is -2.74. The molecule has 1 aromatic carbocycles. The van der Waals surface area contributed by atoms with E-state index in [1.165, 1.54) is 0 Å². The van der Waals surface area contributed by atoms with Gasteiger partial charge in [0.15, 0.2) is 0 Å². The molecule has 1 aliphatic rings. The summed E-state index contributed by atoms with van der Waals surface area (Å²) in [6, 6.07) is 5.84. The number of aromatic nitrogens is 2. The van der Waals surface area contributed by atoms with E-state index in [0.717, 1.165) is 31.1 Å². The summed E-state index contributed by atoms with van der Waals surface area (Å²) in [6.45, 7) is 4.90. The van der Waals surface area contributed by atoms with E-state index in [1.807, 2.05) is 6.07 Å². The van der Waals surface area contributed by atoms with Crippen molar-refractivity contribution < 1.29 is 14.7 Å². The van der Waals surface area contributed by atoms with Crippen molar-refractivity contribution in [2.24, 2.45) is 0 Å². The summed E-state index contributed by atoms with van der Waals surface area (Å²) in [4.78, 5) is 32.9. The smallest absolute Gasteiger partial charge is 0.253 e. The molecule has 2 aromatic rings. The molecule has 29 heavy (non-hydrogen) atoms. The Morgan fingerprint density at radius 3 is 2.52 bits per heavy atom. The Morgan fingerprint density at radius 2 is 1.86 bits per heavy atom. The lowest BCUT2D eigenvalue weighted by atomic mass is 9.91. The van der Waals surface area contributed by atoms with Gasteiger partial charge in [-0.3, -0.25) is 9.59 Å². The van der Waals surface area contributed by atoms with Crippen LogP contribution in [0.5, 0.6) is 0 Å². The quantitative estimate of drug-likeness (QED) is 0.590. The lowest BCUT2D eigenvalue weighted by Gasteiger charge is -2.29. The summed E-state index contributed by atoms with van der Waals surface area (Å²) >= 11 is 0. The number of benzene rings is 1. The summed E-state index contributed by atoms with van der Waals surface area (Å²) < 4.78 is 0. The van der Waals surface area contributed by atoms with Gasteiger partial charge in [0, 0.05) is 30.6 Å². The van der Waals surface area contributed by atoms with Crippen LogP contribution in [0.25, 0.3) is 10.9 Å². The van der Waals surface area contributed by atoms with E-state index in [4.69, 9.17) is 0 Å². The van der Waals surface area contributed by atoms with Crippen LogP contribution in [-0.2, 0) is 4.79 Å². The molecule has 8 heteroatoms. The predicted octanol–water partition coefficient (Wildman–Crippen LogP) is 1.99. The molecule has 0 aliphatic heterocycles. The number of carbonyl (C=O) groups is 2. The molecule has 1 heterocycles. The lowest BCUT2D eigenvalue weighted by Crippen LogP contribution is -2.46. The van der Waals surface area contributed by atoms with E-state index in [-0.39, 0.29) is 30.5 Å². The fourth-order valence-electron chi connectivity index (χ4n) is 3.57. The van der Waals surface area contributed by atoms with Gasteiger partial charge in [-0.1, -0.05) is 12.1 Å². The SMILES string of the molecule is CC(=O)NC1CCC(Nc2ncc3cccc(C(=O)NC(C)(C)CO)c3n2)CC1. The number of fused-ring (bicyclic) bond motifs is 1. The maximum absolute atomic E-state index is 12.7. The van der Waals surface area contributed by atoms with Gasteiger partial charge in [-0.2, -0.15) is 0 Å². The number of aliphatic hydroxyl groups excluding tert-OH is 1. The molecule has 0 saturated heterocycles. The number of nitrogens with zero attached hydrogens (tertiary/aromatic N) is 2. The van der Waals surface area contributed by atoms with E-state index in [2.05, 4.69) is 25.9 Å². The van der Waals surface area contributed by atoms with Gasteiger partial charge >= 0.3 is 0 Å². The number of anilines is 1. The standard InChI is InChI=1S/C21H29N5O3/c1-13(28)23-15-7-9-16(10-8-15)24-20-22-11-14-5-4-6-17(18(14)25-20)19(29)26-21(2,3)12-27/h4-6,11,15-16,27H,7-10,12H2,1-3H3,(H,23,28)(H,26,29)(H,22,24,25). The highest BCUT2D eigenvalue weighted by molar-refractivity contribution is 6.05. The van der Waals surface area contributed by atoms with Crippen LogP contribution < -0.4 is 16.0 Å². The predicted molar refractivity (Wildman–Crippen MR) is 112 cm³/mol. The number of aliphatic hydroxyl groups is 1. The highest BCUT2D eigenvalue weighted by Gasteiger charge is 2.24. The number of carbonyl (C=O) groups excluding carboxylic acids is 2. The molecule has 0 radical (unpaired) electrons. The fraction of sp³-hybridized carbons (Fsp3) is 0.524. The Balaban J connectivity index is 1.74. The van der Waals surface area contributed by atoms with E-state index in [0.29, 0.717) is 17.0 Å². The van der Waals surface area contributed by atoms with Crippen molar-refractivity contribution in [1.29, 1.82) is 0 Å². The highest BCUT2D eigenvalue weighted by atomic mass is 16.3. The van der Waals surface area contributed by atoms with Crippen LogP contribution in [-0.4, -0.2) is 51.1 Å². The minimum Gasteiger partial charge on any atom is -0.394 e. The van der Waals surface area contributed by atoms with Gasteiger partial charge in [-0.15, -0.1) is 0 Å². The number of hydrogen-bond donors (Lipinski definition) is 4. The zero-order chi connectivity index (χ0) is 21.0. The minimum absolute atomic E-state index is 0.00875. The second-order valence-electron chi connectivity index (χ2n) is 8.33. The fourth-order valence-corrected chi connectivity index (χ4v) is 3.57. The van der Waals surface area contributed by atoms with Gasteiger partial charge in [0.1, 0.15) is 0 Å². The normalized spacial score (nSPS) is 19.6. The molecule has 0 spiro atoms. The Bertz CT molecular complexity index is 891. The molecule has 0 bridgehead atoms. The van der Waals surface area contributed by atoms with E-state index in [1.54, 1.807) is 39.1 Å². The first-order valence-corrected chi connectivity index (χ1v) is 10.0. The van der Waals surface area contributed by atoms with Crippen LogP contribution in [0.3, 0.4) is 0 Å². The van der Waals surface area contributed by atoms with Crippen molar-refractivity contribution in [2.75, 3.05) is 11.9 Å². The van der Waals surface area contributed by atoms with E-state index in [9.17, 15) is 14.7 Å². The summed E-state index contributed by atoms with van der Waals surface area (Å²) in [5, 5.41) is 19.4. The minimum atomic E-state index is -0.722. The summed E-state index contributed by atoms with van der Waals surface area (Å²) in [5.41, 5.74) is 0.298. The number of hydrogen-bond acceptors (Lipinski definition) is 6. The first kappa shape index (κ1) is 21.0. The number of rotatable bonds is 6. The molecule has 2 amide bonds. The molecule has 1 saturated carbocycles. The van der Waals surface area contributed by atoms with Crippen LogP contribution in [0, 0.1) is 0 Å². The van der Waals surface area contributed by atoms with E-state index >= 15 is 0 Å². The van der Waals surface area contributed by atoms with Crippen LogP contribution in [0.1, 0.15) is 56.8 Å². The molecule has 156 valence electrons. The first-order chi connectivity index (χ1) is 13.8. The molecular weight excluding hydrogens is 370 g/mol. The summed E-state index contributed by atoms with van der Waals surface area (Å²) in [7, 11) is 0. The average molecular weight is 399 g/mol. The number of nitrogens with one attached hydrogen (secondary N) is 3. The first-order valence-electron chi connectivity index (χ1n) is 10.0. The topological polar surface area (TPSA) is 116 Å². The van der Waals surface area contributed by atoms with Gasteiger partial charge in [0.25, 0.3) is 5.91 Å². The Labute approximate surface area is 170 Å². The molecule has 1 fully saturated rings. The number of amides is 2. The van der Waals surface area contributed by atoms with E-state index < -0.39 is 5.54 Å². The van der Waals surface area contributed by atoms with Crippen LogP contribution in [0.4, 0.5) is 5.95 Å². The van der Waals surface area contributed by atoms with Crippen LogP contribution >= 0.6 is 0 Å². The Morgan fingerprint density at radius 1 is 1.17 bits per heavy atom. The maximum atomic E-state index is 12.7. The summed E-state index contributed by atoms with van der Waals surface area (Å²) in [5.74, 6) is 0.215. The van der Waals surface area contributed by atoms with Crippen LogP contribution in [0.15, 0.2) is 24.4 Å².